The third-order valence-electron chi connectivity index (χ3n) is 1.68. The van der Waals surface area contributed by atoms with Crippen LogP contribution in [0.3, 0.4) is 0 Å². The smallest absolute Gasteiger partial charge is 0.305 e. The molecule has 1 unspecified atom stereocenters. The summed E-state index contributed by atoms with van der Waals surface area (Å²) in [5, 5.41) is 0. The van der Waals surface area contributed by atoms with Crippen molar-refractivity contribution >= 4 is 11.9 Å². The van der Waals surface area contributed by atoms with Crippen molar-refractivity contribution in [3.05, 3.63) is 0 Å². The Bertz CT molecular complexity index is 208. The quantitative estimate of drug-likeness (QED) is 0.452. The number of carbonyl (C=O) groups is 2. The Hall–Kier alpha value is -1.14. The second kappa shape index (κ2) is 6.33. The van der Waals surface area contributed by atoms with Crippen molar-refractivity contribution in [2.75, 3.05) is 6.61 Å². The van der Waals surface area contributed by atoms with Crippen LogP contribution in [-0.4, -0.2) is 30.6 Å². The highest BCUT2D eigenvalue weighted by Gasteiger charge is 2.19. The zero-order valence-corrected chi connectivity index (χ0v) is 8.23. The van der Waals surface area contributed by atoms with Crippen molar-refractivity contribution < 1.29 is 14.3 Å². The number of amides is 1. The Morgan fingerprint density at radius 2 is 1.93 bits per heavy atom. The summed E-state index contributed by atoms with van der Waals surface area (Å²) in [6.45, 7) is 1.78. The van der Waals surface area contributed by atoms with E-state index < -0.39 is 18.0 Å². The number of nitrogens with two attached hydrogens (primary N) is 3. The largest absolute Gasteiger partial charge is 0.464 e. The molecule has 6 nitrogen and oxygen atoms in total. The lowest BCUT2D eigenvalue weighted by Crippen LogP contribution is -2.52. The van der Waals surface area contributed by atoms with Crippen molar-refractivity contribution in [1.82, 2.24) is 0 Å². The summed E-state index contributed by atoms with van der Waals surface area (Å²) < 4.78 is 4.76. The first kappa shape index (κ1) is 12.9. The third kappa shape index (κ3) is 4.78. The first-order valence-electron chi connectivity index (χ1n) is 4.45. The number of primary amides is 1. The number of rotatable bonds is 6. The lowest BCUT2D eigenvalue weighted by Gasteiger charge is -2.16. The van der Waals surface area contributed by atoms with Crippen molar-refractivity contribution in [1.29, 1.82) is 0 Å². The average molecular weight is 203 g/mol. The van der Waals surface area contributed by atoms with Gasteiger partial charge in [0.15, 0.2) is 0 Å². The molecule has 1 amide bonds. The van der Waals surface area contributed by atoms with E-state index >= 15 is 0 Å². The molecular formula is C8H17N3O3. The number of carbonyl (C=O) groups excluding carboxylic acids is 2. The van der Waals surface area contributed by atoms with Gasteiger partial charge in [-0.25, -0.2) is 0 Å². The maximum atomic E-state index is 10.9. The summed E-state index contributed by atoms with van der Waals surface area (Å²) >= 11 is 0. The fourth-order valence-corrected chi connectivity index (χ4v) is 0.780. The van der Waals surface area contributed by atoms with Gasteiger partial charge in [-0.15, -0.1) is 0 Å². The highest BCUT2D eigenvalue weighted by atomic mass is 16.5. The van der Waals surface area contributed by atoms with Crippen LogP contribution >= 0.6 is 0 Å². The van der Waals surface area contributed by atoms with Crippen LogP contribution in [0.5, 0.6) is 0 Å². The predicted molar refractivity (Wildman–Crippen MR) is 51.0 cm³/mol. The Labute approximate surface area is 82.8 Å². The molecule has 0 aromatic rings. The maximum Gasteiger partial charge on any atom is 0.305 e. The molecule has 0 aliphatic carbocycles. The van der Waals surface area contributed by atoms with Crippen molar-refractivity contribution in [3.8, 4) is 0 Å². The van der Waals surface area contributed by atoms with Gasteiger partial charge < -0.3 is 21.9 Å². The molecule has 0 aromatic heterocycles. The molecule has 6 N–H and O–H groups in total. The topological polar surface area (TPSA) is 121 Å². The Kier molecular flexibility index (Phi) is 5.82. The van der Waals surface area contributed by atoms with Crippen LogP contribution in [0.1, 0.15) is 19.8 Å². The van der Waals surface area contributed by atoms with Gasteiger partial charge in [0.25, 0.3) is 0 Å². The van der Waals surface area contributed by atoms with Crippen molar-refractivity contribution in [2.45, 2.75) is 31.8 Å². The molecule has 2 atom stereocenters. The molecule has 0 heterocycles. The van der Waals surface area contributed by atoms with E-state index in [-0.39, 0.29) is 12.6 Å². The maximum absolute atomic E-state index is 10.9. The minimum absolute atomic E-state index is 0.0804. The third-order valence-corrected chi connectivity index (χ3v) is 1.68. The summed E-state index contributed by atoms with van der Waals surface area (Å²) in [4.78, 5) is 21.5. The lowest BCUT2D eigenvalue weighted by molar-refractivity contribution is -0.144. The Balaban J connectivity index is 3.78. The van der Waals surface area contributed by atoms with Gasteiger partial charge in [0.1, 0.15) is 12.6 Å². The van der Waals surface area contributed by atoms with E-state index in [0.717, 1.165) is 0 Å². The molecule has 0 rings (SSSR count). The normalized spacial score (nSPS) is 14.5. The monoisotopic (exact) mass is 203 g/mol. The minimum atomic E-state index is -0.982. The molecule has 0 saturated heterocycles. The average Bonchev–Trinajstić information content (AvgIpc) is 2.13. The second-order valence-corrected chi connectivity index (χ2v) is 3.03. The first-order valence-corrected chi connectivity index (χ1v) is 4.45. The zero-order valence-electron chi connectivity index (χ0n) is 8.23. The Morgan fingerprint density at radius 1 is 1.36 bits per heavy atom. The van der Waals surface area contributed by atoms with Gasteiger partial charge in [-0.3, -0.25) is 9.59 Å². The predicted octanol–water partition coefficient (Wildman–Crippen LogP) is -1.53. The number of esters is 1. The van der Waals surface area contributed by atoms with Gasteiger partial charge in [-0.1, -0.05) is 6.92 Å². The molecule has 0 saturated carbocycles. The van der Waals surface area contributed by atoms with Crippen LogP contribution in [0.25, 0.3) is 0 Å². The summed E-state index contributed by atoms with van der Waals surface area (Å²) in [6, 6.07) is -1.72. The molecule has 0 aliphatic heterocycles. The SMILES string of the molecule is CCCC(=O)OC[C@@H](N)C(N)C(N)=O. The van der Waals surface area contributed by atoms with E-state index in [1.807, 2.05) is 6.92 Å². The van der Waals surface area contributed by atoms with E-state index in [1.165, 1.54) is 0 Å². The van der Waals surface area contributed by atoms with E-state index in [2.05, 4.69) is 0 Å². The van der Waals surface area contributed by atoms with Crippen molar-refractivity contribution in [3.63, 3.8) is 0 Å². The van der Waals surface area contributed by atoms with E-state index in [9.17, 15) is 9.59 Å². The molecular weight excluding hydrogens is 186 g/mol. The van der Waals surface area contributed by atoms with Crippen LogP contribution in [0.4, 0.5) is 0 Å². The van der Waals surface area contributed by atoms with Crippen LogP contribution in [0.15, 0.2) is 0 Å². The van der Waals surface area contributed by atoms with Crippen LogP contribution in [0.2, 0.25) is 0 Å². The van der Waals surface area contributed by atoms with Crippen LogP contribution in [-0.2, 0) is 14.3 Å². The van der Waals surface area contributed by atoms with Gasteiger partial charge in [0.2, 0.25) is 5.91 Å². The summed E-state index contributed by atoms with van der Waals surface area (Å²) in [5.74, 6) is -1.05. The Morgan fingerprint density at radius 3 is 2.36 bits per heavy atom. The summed E-state index contributed by atoms with van der Waals surface area (Å²) in [6.07, 6.45) is 1.04. The van der Waals surface area contributed by atoms with Crippen LogP contribution in [0, 0.1) is 0 Å². The van der Waals surface area contributed by atoms with Gasteiger partial charge in [0.05, 0.1) is 6.04 Å². The standard InChI is InChI=1S/C8H17N3O3/c1-2-3-6(12)14-4-5(9)7(10)8(11)13/h5,7H,2-4,9-10H2,1H3,(H2,11,13)/t5-,7?/m1/s1. The highest BCUT2D eigenvalue weighted by Crippen LogP contribution is 1.94. The number of hydrogen-bond acceptors (Lipinski definition) is 5. The fraction of sp³-hybridized carbons (Fsp3) is 0.750. The zero-order chi connectivity index (χ0) is 11.1. The molecule has 0 bridgehead atoms. The number of ether oxygens (including phenoxy) is 1. The molecule has 82 valence electrons. The van der Waals surface area contributed by atoms with Gasteiger partial charge in [-0.2, -0.15) is 0 Å². The minimum Gasteiger partial charge on any atom is -0.464 e. The van der Waals surface area contributed by atoms with E-state index in [1.54, 1.807) is 0 Å². The van der Waals surface area contributed by atoms with Gasteiger partial charge >= 0.3 is 5.97 Å². The first-order chi connectivity index (χ1) is 6.49. The summed E-state index contributed by atoms with van der Waals surface area (Å²) in [7, 11) is 0. The highest BCUT2D eigenvalue weighted by molar-refractivity contribution is 5.80. The summed E-state index contributed by atoms with van der Waals surface area (Å²) in [5.41, 5.74) is 15.7. The molecule has 0 radical (unpaired) electrons. The molecule has 0 fully saturated rings. The van der Waals surface area contributed by atoms with E-state index in [0.29, 0.717) is 12.8 Å². The number of hydrogen-bond donors (Lipinski definition) is 3. The van der Waals surface area contributed by atoms with Crippen LogP contribution < -0.4 is 17.2 Å². The fourth-order valence-electron chi connectivity index (χ4n) is 0.780. The van der Waals surface area contributed by atoms with Gasteiger partial charge in [0, 0.05) is 6.42 Å². The molecule has 6 heteroatoms. The van der Waals surface area contributed by atoms with E-state index in [4.69, 9.17) is 21.9 Å². The van der Waals surface area contributed by atoms with Crippen molar-refractivity contribution in [2.24, 2.45) is 17.2 Å². The molecule has 0 spiro atoms. The second-order valence-electron chi connectivity index (χ2n) is 3.03. The molecule has 14 heavy (non-hydrogen) atoms. The molecule has 0 aromatic carbocycles. The lowest BCUT2D eigenvalue weighted by atomic mass is 10.1. The van der Waals surface area contributed by atoms with Gasteiger partial charge in [-0.05, 0) is 6.42 Å². The molecule has 0 aliphatic rings.